The first-order valence-electron chi connectivity index (χ1n) is 11.5. The van der Waals surface area contributed by atoms with Crippen LogP contribution in [0.2, 0.25) is 10.0 Å². The highest BCUT2D eigenvalue weighted by Crippen LogP contribution is 2.38. The minimum atomic E-state index is -0.516. The van der Waals surface area contributed by atoms with Gasteiger partial charge in [0, 0.05) is 5.56 Å². The Kier molecular flexibility index (Phi) is 7.51. The topological polar surface area (TPSA) is 57.1 Å². The van der Waals surface area contributed by atoms with Gasteiger partial charge in [0.15, 0.2) is 17.2 Å². The second kappa shape index (κ2) is 11.0. The monoisotopic (exact) mass is 595 g/mol. The fourth-order valence-electron chi connectivity index (χ4n) is 3.87. The highest BCUT2D eigenvalue weighted by Gasteiger charge is 2.25. The molecule has 37 heavy (non-hydrogen) atoms. The van der Waals surface area contributed by atoms with Gasteiger partial charge in [-0.25, -0.2) is 9.79 Å². The molecule has 1 heterocycles. The molecule has 186 valence electrons. The first kappa shape index (κ1) is 25.3. The number of fused-ring (bicyclic) bond motifs is 1. The average molecular weight is 597 g/mol. The normalized spacial score (nSPS) is 14.1. The van der Waals surface area contributed by atoms with Gasteiger partial charge < -0.3 is 14.2 Å². The van der Waals surface area contributed by atoms with Crippen LogP contribution in [0, 0.1) is 0 Å². The Labute approximate surface area is 232 Å². The number of hydrogen-bond acceptors (Lipinski definition) is 5. The maximum Gasteiger partial charge on any atom is 0.363 e. The molecular weight excluding hydrogens is 577 g/mol. The van der Waals surface area contributed by atoms with E-state index in [1.165, 1.54) is 0 Å². The number of hydrogen-bond donors (Lipinski definition) is 0. The lowest BCUT2D eigenvalue weighted by atomic mass is 10.1. The van der Waals surface area contributed by atoms with Gasteiger partial charge >= 0.3 is 5.97 Å². The van der Waals surface area contributed by atoms with E-state index in [0.29, 0.717) is 38.2 Å². The fraction of sp³-hybridized carbons (Fsp3) is 0.103. The first-order chi connectivity index (χ1) is 17.9. The van der Waals surface area contributed by atoms with E-state index in [1.807, 2.05) is 61.5 Å². The Morgan fingerprint density at radius 2 is 1.76 bits per heavy atom. The number of ether oxygens (including phenoxy) is 3. The van der Waals surface area contributed by atoms with Gasteiger partial charge in [-0.3, -0.25) is 0 Å². The number of benzene rings is 4. The van der Waals surface area contributed by atoms with Crippen molar-refractivity contribution in [3.05, 3.63) is 110 Å². The highest BCUT2D eigenvalue weighted by molar-refractivity contribution is 9.10. The Hall–Kier alpha value is -3.32. The number of rotatable bonds is 7. The summed E-state index contributed by atoms with van der Waals surface area (Å²) in [6.45, 7) is 2.58. The zero-order valence-corrected chi connectivity index (χ0v) is 22.7. The third kappa shape index (κ3) is 5.67. The summed E-state index contributed by atoms with van der Waals surface area (Å²) in [5, 5.41) is 3.08. The van der Waals surface area contributed by atoms with Gasteiger partial charge in [0.1, 0.15) is 6.61 Å². The van der Waals surface area contributed by atoms with Crippen LogP contribution in [0.3, 0.4) is 0 Å². The lowest BCUT2D eigenvalue weighted by Crippen LogP contribution is -2.05. The molecule has 8 heteroatoms. The lowest BCUT2D eigenvalue weighted by molar-refractivity contribution is -0.129. The Bertz CT molecular complexity index is 1580. The minimum absolute atomic E-state index is 0.196. The Morgan fingerprint density at radius 1 is 0.946 bits per heavy atom. The van der Waals surface area contributed by atoms with Gasteiger partial charge in [-0.05, 0) is 87.2 Å². The highest BCUT2D eigenvalue weighted by atomic mass is 79.9. The van der Waals surface area contributed by atoms with Gasteiger partial charge in [-0.2, -0.15) is 0 Å². The van der Waals surface area contributed by atoms with Crippen LogP contribution >= 0.6 is 39.1 Å². The number of carbonyl (C=O) groups is 1. The van der Waals surface area contributed by atoms with E-state index < -0.39 is 5.97 Å². The van der Waals surface area contributed by atoms with Crippen LogP contribution in [0.4, 0.5) is 0 Å². The standard InChI is InChI=1S/C29H20BrCl2NO4/c1-2-35-26-14-18(11-22(30)27(26)36-16-17-7-10-23(31)24(32)12-17)13-25-29(34)37-28(33-25)21-9-8-19-5-3-4-6-20(19)15-21/h3-15H,2,16H2,1H3/b25-13-. The molecule has 0 unspecified atom stereocenters. The summed E-state index contributed by atoms with van der Waals surface area (Å²) in [7, 11) is 0. The largest absolute Gasteiger partial charge is 0.490 e. The van der Waals surface area contributed by atoms with Gasteiger partial charge in [-0.15, -0.1) is 0 Å². The molecule has 0 bridgehead atoms. The number of carbonyl (C=O) groups excluding carboxylic acids is 1. The molecule has 4 aromatic carbocycles. The van der Waals surface area contributed by atoms with E-state index in [2.05, 4.69) is 20.9 Å². The molecule has 0 N–H and O–H groups in total. The molecule has 0 atom stereocenters. The number of halogens is 3. The van der Waals surface area contributed by atoms with Crippen molar-refractivity contribution in [3.8, 4) is 11.5 Å². The molecule has 0 saturated heterocycles. The minimum Gasteiger partial charge on any atom is -0.490 e. The summed E-state index contributed by atoms with van der Waals surface area (Å²) < 4.78 is 18.0. The maximum absolute atomic E-state index is 12.6. The molecule has 5 nitrogen and oxygen atoms in total. The van der Waals surface area contributed by atoms with Crippen molar-refractivity contribution in [1.29, 1.82) is 0 Å². The van der Waals surface area contributed by atoms with Crippen LogP contribution in [0.5, 0.6) is 11.5 Å². The summed E-state index contributed by atoms with van der Waals surface area (Å²) in [5.74, 6) is 0.808. The molecule has 4 aromatic rings. The molecule has 1 aliphatic rings. The second-order valence-electron chi connectivity index (χ2n) is 8.20. The molecule has 1 aliphatic heterocycles. The van der Waals surface area contributed by atoms with Crippen molar-refractivity contribution in [1.82, 2.24) is 0 Å². The van der Waals surface area contributed by atoms with Crippen molar-refractivity contribution in [2.75, 3.05) is 6.61 Å². The van der Waals surface area contributed by atoms with Gasteiger partial charge in [0.25, 0.3) is 0 Å². The summed E-state index contributed by atoms with van der Waals surface area (Å²) in [4.78, 5) is 17.1. The van der Waals surface area contributed by atoms with E-state index in [1.54, 1.807) is 24.3 Å². The predicted molar refractivity (Wildman–Crippen MR) is 151 cm³/mol. The van der Waals surface area contributed by atoms with E-state index in [0.717, 1.165) is 21.9 Å². The van der Waals surface area contributed by atoms with Crippen molar-refractivity contribution < 1.29 is 19.0 Å². The van der Waals surface area contributed by atoms with Crippen LogP contribution in [-0.2, 0) is 16.1 Å². The van der Waals surface area contributed by atoms with Crippen LogP contribution in [0.1, 0.15) is 23.6 Å². The summed E-state index contributed by atoms with van der Waals surface area (Å²) in [6.07, 6.45) is 1.66. The van der Waals surface area contributed by atoms with Gasteiger partial charge in [-0.1, -0.05) is 59.6 Å². The second-order valence-corrected chi connectivity index (χ2v) is 9.87. The number of aliphatic imine (C=N–C) groups is 1. The Balaban J connectivity index is 1.42. The Morgan fingerprint density at radius 3 is 2.54 bits per heavy atom. The third-order valence-electron chi connectivity index (χ3n) is 5.62. The van der Waals surface area contributed by atoms with Crippen molar-refractivity contribution in [3.63, 3.8) is 0 Å². The molecule has 0 amide bonds. The van der Waals surface area contributed by atoms with Gasteiger partial charge in [0.05, 0.1) is 21.1 Å². The zero-order chi connectivity index (χ0) is 25.9. The molecule has 0 saturated carbocycles. The summed E-state index contributed by atoms with van der Waals surface area (Å²) in [5.41, 5.74) is 2.49. The average Bonchev–Trinajstić information content (AvgIpc) is 3.25. The number of cyclic esters (lactones) is 1. The lowest BCUT2D eigenvalue weighted by Gasteiger charge is -2.15. The number of esters is 1. The van der Waals surface area contributed by atoms with Gasteiger partial charge in [0.2, 0.25) is 5.90 Å². The van der Waals surface area contributed by atoms with Crippen molar-refractivity contribution >= 4 is 67.8 Å². The zero-order valence-electron chi connectivity index (χ0n) is 19.6. The molecule has 5 rings (SSSR count). The molecule has 0 spiro atoms. The molecule has 0 aromatic heterocycles. The molecule has 0 radical (unpaired) electrons. The van der Waals surface area contributed by atoms with Crippen molar-refractivity contribution in [2.24, 2.45) is 4.99 Å². The molecular formula is C29H20BrCl2NO4. The van der Waals surface area contributed by atoms with Crippen LogP contribution in [-0.4, -0.2) is 18.5 Å². The van der Waals surface area contributed by atoms with E-state index in [-0.39, 0.29) is 18.2 Å². The molecule has 0 fully saturated rings. The molecule has 0 aliphatic carbocycles. The van der Waals surface area contributed by atoms with Crippen LogP contribution < -0.4 is 9.47 Å². The smallest absolute Gasteiger partial charge is 0.363 e. The fourth-order valence-corrected chi connectivity index (χ4v) is 4.77. The van der Waals surface area contributed by atoms with Crippen LogP contribution in [0.25, 0.3) is 16.8 Å². The third-order valence-corrected chi connectivity index (χ3v) is 6.95. The van der Waals surface area contributed by atoms with E-state index >= 15 is 0 Å². The predicted octanol–water partition coefficient (Wildman–Crippen LogP) is 8.23. The summed E-state index contributed by atoms with van der Waals surface area (Å²) in [6, 6.07) is 22.7. The maximum atomic E-state index is 12.6. The first-order valence-corrected chi connectivity index (χ1v) is 13.0. The number of nitrogens with zero attached hydrogens (tertiary/aromatic N) is 1. The van der Waals surface area contributed by atoms with E-state index in [9.17, 15) is 4.79 Å². The van der Waals surface area contributed by atoms with E-state index in [4.69, 9.17) is 37.4 Å². The van der Waals surface area contributed by atoms with Crippen LogP contribution in [0.15, 0.2) is 88.0 Å². The quantitative estimate of drug-likeness (QED) is 0.159. The summed E-state index contributed by atoms with van der Waals surface area (Å²) >= 11 is 15.7. The SMILES string of the molecule is CCOc1cc(/C=C2\N=C(c3ccc4ccccc4c3)OC2=O)cc(Br)c1OCc1ccc(Cl)c(Cl)c1. The van der Waals surface area contributed by atoms with Crippen molar-refractivity contribution in [2.45, 2.75) is 13.5 Å².